The van der Waals surface area contributed by atoms with Crippen LogP contribution in [0.3, 0.4) is 0 Å². The van der Waals surface area contributed by atoms with Crippen LogP contribution in [0.4, 0.5) is 11.4 Å². The highest BCUT2D eigenvalue weighted by Gasteiger charge is 2.25. The molecule has 1 heterocycles. The maximum Gasteiger partial charge on any atom is 0.310 e. The van der Waals surface area contributed by atoms with Crippen molar-refractivity contribution in [2.75, 3.05) is 24.5 Å². The van der Waals surface area contributed by atoms with E-state index in [1.165, 1.54) is 6.42 Å². The molecule has 0 aromatic heterocycles. The van der Waals surface area contributed by atoms with E-state index in [0.29, 0.717) is 11.7 Å². The molecule has 1 aromatic rings. The van der Waals surface area contributed by atoms with Gasteiger partial charge < -0.3 is 10.2 Å². The lowest BCUT2D eigenvalue weighted by Crippen LogP contribution is -2.38. The summed E-state index contributed by atoms with van der Waals surface area (Å²) in [4.78, 5) is 13.1. The van der Waals surface area contributed by atoms with E-state index in [4.69, 9.17) is 11.6 Å². The molecule has 0 aliphatic carbocycles. The van der Waals surface area contributed by atoms with Gasteiger partial charge in [0.2, 0.25) is 0 Å². The second-order valence-corrected chi connectivity index (χ2v) is 5.86. The molecule has 116 valence electrons. The first-order valence-corrected chi connectivity index (χ1v) is 7.92. The van der Waals surface area contributed by atoms with Crippen molar-refractivity contribution in [1.29, 1.82) is 0 Å². The van der Waals surface area contributed by atoms with E-state index in [-0.39, 0.29) is 15.6 Å². The Balaban J connectivity index is 2.26. The Morgan fingerprint density at radius 3 is 2.95 bits per heavy atom. The molecular weight excluding hydrogens is 290 g/mol. The molecule has 1 aromatic carbocycles. The molecule has 1 saturated heterocycles. The van der Waals surface area contributed by atoms with E-state index in [0.717, 1.165) is 38.9 Å². The molecule has 5 nitrogen and oxygen atoms in total. The van der Waals surface area contributed by atoms with Gasteiger partial charge in [0.15, 0.2) is 0 Å². The van der Waals surface area contributed by atoms with E-state index >= 15 is 0 Å². The molecule has 2 rings (SSSR count). The maximum absolute atomic E-state index is 11.3. The summed E-state index contributed by atoms with van der Waals surface area (Å²) in [6.45, 7) is 4.76. The van der Waals surface area contributed by atoms with E-state index in [9.17, 15) is 10.1 Å². The van der Waals surface area contributed by atoms with Crippen molar-refractivity contribution < 1.29 is 4.92 Å². The third-order valence-corrected chi connectivity index (χ3v) is 4.18. The standard InChI is InChI=1S/C15H22ClN3O2/c1-2-3-10-18(11-12-6-5-9-17-12)14-8-4-7-13(16)15(14)19(20)21/h4,7-8,12,17H,2-3,5-6,9-11H2,1H3. The number of anilines is 1. The van der Waals surface area contributed by atoms with Crippen LogP contribution in [0.25, 0.3) is 0 Å². The van der Waals surface area contributed by atoms with Crippen molar-refractivity contribution in [3.05, 3.63) is 33.3 Å². The number of halogens is 1. The molecule has 6 heteroatoms. The summed E-state index contributed by atoms with van der Waals surface area (Å²) in [7, 11) is 0. The average Bonchev–Trinajstić information content (AvgIpc) is 2.95. The number of para-hydroxylation sites is 1. The highest BCUT2D eigenvalue weighted by atomic mass is 35.5. The molecule has 1 unspecified atom stereocenters. The van der Waals surface area contributed by atoms with Crippen LogP contribution in [0.1, 0.15) is 32.6 Å². The minimum Gasteiger partial charge on any atom is -0.364 e. The summed E-state index contributed by atoms with van der Waals surface area (Å²) in [5.74, 6) is 0. The van der Waals surface area contributed by atoms with Crippen LogP contribution in [0, 0.1) is 10.1 Å². The summed E-state index contributed by atoms with van der Waals surface area (Å²) in [5, 5.41) is 15.0. The molecule has 0 saturated carbocycles. The SMILES string of the molecule is CCCCN(CC1CCCN1)c1cccc(Cl)c1[N+](=O)[O-]. The van der Waals surface area contributed by atoms with Crippen LogP contribution in [-0.4, -0.2) is 30.6 Å². The summed E-state index contributed by atoms with van der Waals surface area (Å²) < 4.78 is 0. The Morgan fingerprint density at radius 2 is 2.33 bits per heavy atom. The second-order valence-electron chi connectivity index (χ2n) is 5.46. The number of nitrogens with one attached hydrogen (secondary N) is 1. The molecule has 1 aliphatic heterocycles. The normalized spacial score (nSPS) is 17.9. The van der Waals surface area contributed by atoms with Crippen molar-refractivity contribution in [1.82, 2.24) is 5.32 Å². The average molecular weight is 312 g/mol. The molecule has 0 radical (unpaired) electrons. The first-order valence-electron chi connectivity index (χ1n) is 7.54. The van der Waals surface area contributed by atoms with Crippen molar-refractivity contribution in [2.24, 2.45) is 0 Å². The minimum absolute atomic E-state index is 0.0215. The number of nitrogens with zero attached hydrogens (tertiary/aromatic N) is 2. The molecule has 0 spiro atoms. The Hall–Kier alpha value is -1.33. The Kier molecular flexibility index (Phi) is 5.82. The summed E-state index contributed by atoms with van der Waals surface area (Å²) in [6, 6.07) is 5.57. The smallest absolute Gasteiger partial charge is 0.310 e. The quantitative estimate of drug-likeness (QED) is 0.617. The molecule has 1 atom stereocenters. The van der Waals surface area contributed by atoms with Crippen LogP contribution < -0.4 is 10.2 Å². The molecule has 0 amide bonds. The zero-order valence-electron chi connectivity index (χ0n) is 12.3. The van der Waals surface area contributed by atoms with Gasteiger partial charge in [0.25, 0.3) is 0 Å². The van der Waals surface area contributed by atoms with Crippen LogP contribution in [-0.2, 0) is 0 Å². The van der Waals surface area contributed by atoms with Gasteiger partial charge in [0.05, 0.1) is 4.92 Å². The Labute approximate surface area is 130 Å². The minimum atomic E-state index is -0.376. The second kappa shape index (κ2) is 7.61. The molecule has 1 N–H and O–H groups in total. The van der Waals surface area contributed by atoms with Crippen molar-refractivity contribution in [2.45, 2.75) is 38.6 Å². The predicted molar refractivity (Wildman–Crippen MR) is 86.3 cm³/mol. The van der Waals surface area contributed by atoms with Gasteiger partial charge in [-0.1, -0.05) is 31.0 Å². The van der Waals surface area contributed by atoms with Crippen molar-refractivity contribution in [3.8, 4) is 0 Å². The van der Waals surface area contributed by atoms with E-state index in [1.807, 2.05) is 0 Å². The first kappa shape index (κ1) is 16.0. The zero-order chi connectivity index (χ0) is 15.2. The van der Waals surface area contributed by atoms with Gasteiger partial charge in [-0.15, -0.1) is 0 Å². The lowest BCUT2D eigenvalue weighted by atomic mass is 10.1. The number of nitro groups is 1. The van der Waals surface area contributed by atoms with Gasteiger partial charge in [-0.25, -0.2) is 0 Å². The number of benzene rings is 1. The number of hydrogen-bond donors (Lipinski definition) is 1. The highest BCUT2D eigenvalue weighted by molar-refractivity contribution is 6.33. The topological polar surface area (TPSA) is 58.4 Å². The molecule has 0 bridgehead atoms. The third-order valence-electron chi connectivity index (χ3n) is 3.87. The number of nitro benzene ring substituents is 1. The maximum atomic E-state index is 11.3. The number of unbranched alkanes of at least 4 members (excludes halogenated alkanes) is 1. The first-order chi connectivity index (χ1) is 10.1. The number of rotatable bonds is 7. The largest absolute Gasteiger partial charge is 0.364 e. The number of hydrogen-bond acceptors (Lipinski definition) is 4. The van der Waals surface area contributed by atoms with Gasteiger partial charge in [-0.3, -0.25) is 10.1 Å². The fraction of sp³-hybridized carbons (Fsp3) is 0.600. The van der Waals surface area contributed by atoms with Gasteiger partial charge in [-0.2, -0.15) is 0 Å². The zero-order valence-corrected chi connectivity index (χ0v) is 13.1. The van der Waals surface area contributed by atoms with Crippen LogP contribution in [0.2, 0.25) is 5.02 Å². The van der Waals surface area contributed by atoms with Crippen molar-refractivity contribution >= 4 is 23.0 Å². The molecular formula is C15H22ClN3O2. The third kappa shape index (κ3) is 4.08. The predicted octanol–water partition coefficient (Wildman–Crippen LogP) is 3.61. The molecule has 1 aliphatic rings. The van der Waals surface area contributed by atoms with Crippen LogP contribution in [0.15, 0.2) is 18.2 Å². The summed E-state index contributed by atoms with van der Waals surface area (Å²) >= 11 is 6.04. The summed E-state index contributed by atoms with van der Waals surface area (Å²) in [6.07, 6.45) is 4.36. The fourth-order valence-electron chi connectivity index (χ4n) is 2.78. The monoisotopic (exact) mass is 311 g/mol. The summed E-state index contributed by atoms with van der Waals surface area (Å²) in [5.41, 5.74) is 0.655. The van der Waals surface area contributed by atoms with E-state index in [2.05, 4.69) is 17.1 Å². The van der Waals surface area contributed by atoms with Crippen LogP contribution >= 0.6 is 11.6 Å². The van der Waals surface area contributed by atoms with E-state index in [1.54, 1.807) is 18.2 Å². The van der Waals surface area contributed by atoms with Gasteiger partial charge >= 0.3 is 5.69 Å². The lowest BCUT2D eigenvalue weighted by Gasteiger charge is -2.27. The highest BCUT2D eigenvalue weighted by Crippen LogP contribution is 2.35. The fourth-order valence-corrected chi connectivity index (χ4v) is 3.02. The van der Waals surface area contributed by atoms with Crippen molar-refractivity contribution in [3.63, 3.8) is 0 Å². The molecule has 21 heavy (non-hydrogen) atoms. The Bertz CT molecular complexity index is 490. The van der Waals surface area contributed by atoms with E-state index < -0.39 is 0 Å². The van der Waals surface area contributed by atoms with Gasteiger partial charge in [-0.05, 0) is 37.9 Å². The van der Waals surface area contributed by atoms with Gasteiger partial charge in [0.1, 0.15) is 10.7 Å². The van der Waals surface area contributed by atoms with Gasteiger partial charge in [0, 0.05) is 19.1 Å². The lowest BCUT2D eigenvalue weighted by molar-refractivity contribution is -0.384. The molecule has 1 fully saturated rings. The Morgan fingerprint density at radius 1 is 1.52 bits per heavy atom. The van der Waals surface area contributed by atoms with Crippen LogP contribution in [0.5, 0.6) is 0 Å².